The zero-order valence-electron chi connectivity index (χ0n) is 10.3. The number of benzene rings is 1. The van der Waals surface area contributed by atoms with Gasteiger partial charge in [-0.3, -0.25) is 4.79 Å². The molecule has 0 aliphatic heterocycles. The Hall–Kier alpha value is -1.42. The van der Waals surface area contributed by atoms with Crippen LogP contribution >= 0.6 is 0 Å². The largest absolute Gasteiger partial charge is 0.355 e. The number of amides is 1. The van der Waals surface area contributed by atoms with Gasteiger partial charge in [-0.25, -0.2) is 4.39 Å². The Balaban J connectivity index is 2.45. The minimum absolute atomic E-state index is 0.0365. The summed E-state index contributed by atoms with van der Waals surface area (Å²) < 4.78 is 13.1. The van der Waals surface area contributed by atoms with Crippen molar-refractivity contribution in [3.05, 3.63) is 35.6 Å². The van der Waals surface area contributed by atoms with Gasteiger partial charge in [0.2, 0.25) is 5.91 Å². The molecule has 17 heavy (non-hydrogen) atoms. The van der Waals surface area contributed by atoms with Crippen LogP contribution in [0.2, 0.25) is 0 Å². The summed E-state index contributed by atoms with van der Waals surface area (Å²) in [5.74, 6) is -0.254. The molecule has 1 amide bonds. The smallest absolute Gasteiger partial charge is 0.216 e. The lowest BCUT2D eigenvalue weighted by Crippen LogP contribution is -2.32. The van der Waals surface area contributed by atoms with Crippen LogP contribution in [0.5, 0.6) is 0 Å². The summed E-state index contributed by atoms with van der Waals surface area (Å²) in [6, 6.07) is 6.72. The third kappa shape index (κ3) is 4.95. The minimum Gasteiger partial charge on any atom is -0.355 e. The predicted molar refractivity (Wildman–Crippen MR) is 66.1 cm³/mol. The molecule has 1 unspecified atom stereocenters. The standard InChI is InChI=1S/C13H19FN2O/c1-3-13(16-8-7-15-10(2)17)11-5-4-6-12(14)9-11/h4-6,9,13,16H,3,7-8H2,1-2H3,(H,15,17). The van der Waals surface area contributed by atoms with Gasteiger partial charge in [0, 0.05) is 26.1 Å². The van der Waals surface area contributed by atoms with Gasteiger partial charge in [0.1, 0.15) is 5.82 Å². The lowest BCUT2D eigenvalue weighted by atomic mass is 10.0. The molecule has 0 saturated heterocycles. The Kier molecular flexibility index (Phi) is 5.63. The van der Waals surface area contributed by atoms with Crippen LogP contribution in [-0.2, 0) is 4.79 Å². The van der Waals surface area contributed by atoms with Gasteiger partial charge in [-0.05, 0) is 24.1 Å². The number of nitrogens with one attached hydrogen (secondary N) is 2. The second-order valence-corrected chi connectivity index (χ2v) is 3.95. The van der Waals surface area contributed by atoms with Crippen molar-refractivity contribution in [2.45, 2.75) is 26.3 Å². The molecule has 0 radical (unpaired) electrons. The number of hydrogen-bond acceptors (Lipinski definition) is 2. The van der Waals surface area contributed by atoms with Crippen molar-refractivity contribution in [2.24, 2.45) is 0 Å². The number of hydrogen-bond donors (Lipinski definition) is 2. The van der Waals surface area contributed by atoms with Crippen molar-refractivity contribution >= 4 is 5.91 Å². The van der Waals surface area contributed by atoms with Gasteiger partial charge in [-0.15, -0.1) is 0 Å². The van der Waals surface area contributed by atoms with Crippen molar-refractivity contribution in [2.75, 3.05) is 13.1 Å². The van der Waals surface area contributed by atoms with Crippen LogP contribution in [0.3, 0.4) is 0 Å². The van der Waals surface area contributed by atoms with Crippen LogP contribution in [0, 0.1) is 5.82 Å². The van der Waals surface area contributed by atoms with E-state index in [-0.39, 0.29) is 17.8 Å². The zero-order valence-corrected chi connectivity index (χ0v) is 10.3. The van der Waals surface area contributed by atoms with E-state index in [0.29, 0.717) is 13.1 Å². The summed E-state index contributed by atoms with van der Waals surface area (Å²) in [7, 11) is 0. The van der Waals surface area contributed by atoms with Gasteiger partial charge in [0.05, 0.1) is 0 Å². The van der Waals surface area contributed by atoms with E-state index in [1.165, 1.54) is 13.0 Å². The number of rotatable bonds is 6. The first kappa shape index (κ1) is 13.6. The van der Waals surface area contributed by atoms with Gasteiger partial charge >= 0.3 is 0 Å². The van der Waals surface area contributed by atoms with Crippen LogP contribution in [-0.4, -0.2) is 19.0 Å². The quantitative estimate of drug-likeness (QED) is 0.744. The SMILES string of the molecule is CCC(NCCNC(C)=O)c1cccc(F)c1. The highest BCUT2D eigenvalue weighted by Gasteiger charge is 2.08. The van der Waals surface area contributed by atoms with Crippen molar-refractivity contribution in [3.8, 4) is 0 Å². The Bertz CT molecular complexity index is 368. The summed E-state index contributed by atoms with van der Waals surface area (Å²) in [6.45, 7) is 4.79. The summed E-state index contributed by atoms with van der Waals surface area (Å²) >= 11 is 0. The molecule has 0 aliphatic rings. The lowest BCUT2D eigenvalue weighted by molar-refractivity contribution is -0.118. The first-order chi connectivity index (χ1) is 8.13. The number of halogens is 1. The summed E-state index contributed by atoms with van der Waals surface area (Å²) in [6.07, 6.45) is 0.878. The van der Waals surface area contributed by atoms with Crippen LogP contribution < -0.4 is 10.6 Å². The van der Waals surface area contributed by atoms with Gasteiger partial charge in [-0.1, -0.05) is 19.1 Å². The van der Waals surface area contributed by atoms with Gasteiger partial charge < -0.3 is 10.6 Å². The Morgan fingerprint density at radius 1 is 1.41 bits per heavy atom. The summed E-state index contributed by atoms with van der Waals surface area (Å²) in [4.78, 5) is 10.7. The lowest BCUT2D eigenvalue weighted by Gasteiger charge is -2.17. The second-order valence-electron chi connectivity index (χ2n) is 3.95. The molecule has 0 aromatic heterocycles. The first-order valence-electron chi connectivity index (χ1n) is 5.86. The van der Waals surface area contributed by atoms with Crippen LogP contribution in [0.25, 0.3) is 0 Å². The average Bonchev–Trinajstić information content (AvgIpc) is 2.29. The van der Waals surface area contributed by atoms with Crippen LogP contribution in [0.1, 0.15) is 31.9 Å². The van der Waals surface area contributed by atoms with E-state index < -0.39 is 0 Å². The molecule has 0 heterocycles. The molecule has 4 heteroatoms. The minimum atomic E-state index is -0.218. The highest BCUT2D eigenvalue weighted by atomic mass is 19.1. The van der Waals surface area contributed by atoms with Crippen molar-refractivity contribution in [3.63, 3.8) is 0 Å². The topological polar surface area (TPSA) is 41.1 Å². The molecule has 0 saturated carbocycles. The zero-order chi connectivity index (χ0) is 12.7. The third-order valence-electron chi connectivity index (χ3n) is 2.55. The fourth-order valence-corrected chi connectivity index (χ4v) is 1.71. The molecule has 0 fully saturated rings. The molecule has 1 aromatic rings. The fraction of sp³-hybridized carbons (Fsp3) is 0.462. The van der Waals surface area contributed by atoms with Gasteiger partial charge in [0.15, 0.2) is 0 Å². The predicted octanol–water partition coefficient (Wildman–Crippen LogP) is 2.00. The molecular formula is C13H19FN2O. The van der Waals surface area contributed by atoms with E-state index in [0.717, 1.165) is 12.0 Å². The maximum atomic E-state index is 13.1. The average molecular weight is 238 g/mol. The molecule has 1 atom stereocenters. The molecular weight excluding hydrogens is 219 g/mol. The first-order valence-corrected chi connectivity index (χ1v) is 5.86. The normalized spacial score (nSPS) is 12.2. The van der Waals surface area contributed by atoms with Gasteiger partial charge in [-0.2, -0.15) is 0 Å². The molecule has 0 spiro atoms. The van der Waals surface area contributed by atoms with Crippen molar-refractivity contribution in [1.29, 1.82) is 0 Å². The Morgan fingerprint density at radius 2 is 2.18 bits per heavy atom. The van der Waals surface area contributed by atoms with Gasteiger partial charge in [0.25, 0.3) is 0 Å². The summed E-state index contributed by atoms with van der Waals surface area (Å²) in [5, 5.41) is 6.00. The molecule has 2 N–H and O–H groups in total. The summed E-state index contributed by atoms with van der Waals surface area (Å²) in [5.41, 5.74) is 0.940. The second kappa shape index (κ2) is 7.01. The number of carbonyl (C=O) groups is 1. The van der Waals surface area contributed by atoms with E-state index in [4.69, 9.17) is 0 Å². The Morgan fingerprint density at radius 3 is 2.76 bits per heavy atom. The van der Waals surface area contributed by atoms with Crippen LogP contribution in [0.4, 0.5) is 4.39 Å². The molecule has 3 nitrogen and oxygen atoms in total. The maximum Gasteiger partial charge on any atom is 0.216 e. The van der Waals surface area contributed by atoms with E-state index >= 15 is 0 Å². The highest BCUT2D eigenvalue weighted by Crippen LogP contribution is 2.16. The highest BCUT2D eigenvalue weighted by molar-refractivity contribution is 5.72. The van der Waals surface area contributed by atoms with E-state index in [2.05, 4.69) is 10.6 Å². The molecule has 0 aliphatic carbocycles. The molecule has 0 bridgehead atoms. The van der Waals surface area contributed by atoms with Crippen LogP contribution in [0.15, 0.2) is 24.3 Å². The van der Waals surface area contributed by atoms with E-state index in [9.17, 15) is 9.18 Å². The molecule has 1 rings (SSSR count). The van der Waals surface area contributed by atoms with E-state index in [1.807, 2.05) is 13.0 Å². The molecule has 94 valence electrons. The fourth-order valence-electron chi connectivity index (χ4n) is 1.71. The van der Waals surface area contributed by atoms with Crippen molar-refractivity contribution < 1.29 is 9.18 Å². The monoisotopic (exact) mass is 238 g/mol. The van der Waals surface area contributed by atoms with E-state index in [1.54, 1.807) is 12.1 Å². The third-order valence-corrected chi connectivity index (χ3v) is 2.55. The number of carbonyl (C=O) groups excluding carboxylic acids is 1. The van der Waals surface area contributed by atoms with Crippen molar-refractivity contribution in [1.82, 2.24) is 10.6 Å². The Labute approximate surface area is 101 Å². The molecule has 1 aromatic carbocycles. The maximum absolute atomic E-state index is 13.1.